The lowest BCUT2D eigenvalue weighted by atomic mass is 10.3. The Labute approximate surface area is 66.1 Å². The van der Waals surface area contributed by atoms with E-state index in [2.05, 4.69) is 0 Å². The number of ether oxygens (including phenoxy) is 1. The number of hydrazine groups is 1. The number of rotatable bonds is 5. The lowest BCUT2D eigenvalue weighted by molar-refractivity contribution is -0.125. The zero-order valence-electron chi connectivity index (χ0n) is 6.51. The predicted octanol–water partition coefficient (Wildman–Crippen LogP) is -0.207. The molecule has 4 heteroatoms. The maximum Gasteiger partial charge on any atom is 0.259 e. The second-order valence-corrected chi connectivity index (χ2v) is 2.85. The van der Waals surface area contributed by atoms with Crippen molar-refractivity contribution >= 4 is 5.91 Å². The van der Waals surface area contributed by atoms with Gasteiger partial charge in [-0.3, -0.25) is 10.2 Å². The number of nitrogens with two attached hydrogens (primary N) is 1. The maximum atomic E-state index is 10.5. The molecule has 64 valence electrons. The van der Waals surface area contributed by atoms with Crippen molar-refractivity contribution in [3.8, 4) is 0 Å². The Kier molecular flexibility index (Phi) is 3.32. The Bertz CT molecular complexity index is 134. The molecule has 1 saturated carbocycles. The van der Waals surface area contributed by atoms with Gasteiger partial charge in [0.05, 0.1) is 0 Å². The van der Waals surface area contributed by atoms with Crippen LogP contribution in [0.3, 0.4) is 0 Å². The van der Waals surface area contributed by atoms with Crippen molar-refractivity contribution in [3.05, 3.63) is 0 Å². The van der Waals surface area contributed by atoms with Gasteiger partial charge in [-0.25, -0.2) is 5.84 Å². The molecule has 3 N–H and O–H groups in total. The highest BCUT2D eigenvalue weighted by molar-refractivity contribution is 5.76. The molecule has 0 unspecified atom stereocenters. The summed E-state index contributed by atoms with van der Waals surface area (Å²) < 4.78 is 5.05. The van der Waals surface area contributed by atoms with Gasteiger partial charge < -0.3 is 4.74 Å². The summed E-state index contributed by atoms with van der Waals surface area (Å²) in [5.74, 6) is 5.44. The number of carbonyl (C=O) groups is 1. The van der Waals surface area contributed by atoms with E-state index in [9.17, 15) is 4.79 Å². The molecule has 0 radical (unpaired) electrons. The molecule has 11 heavy (non-hydrogen) atoms. The molecule has 1 aliphatic rings. The van der Waals surface area contributed by atoms with Crippen LogP contribution >= 0.6 is 0 Å². The van der Waals surface area contributed by atoms with Gasteiger partial charge in [-0.2, -0.15) is 0 Å². The zero-order chi connectivity index (χ0) is 8.10. The van der Waals surface area contributed by atoms with Crippen LogP contribution in [-0.4, -0.2) is 19.1 Å². The molecule has 4 nitrogen and oxygen atoms in total. The summed E-state index contributed by atoms with van der Waals surface area (Å²) in [5, 5.41) is 0. The summed E-state index contributed by atoms with van der Waals surface area (Å²) in [4.78, 5) is 10.5. The third-order valence-electron chi connectivity index (χ3n) is 1.76. The van der Waals surface area contributed by atoms with Crippen LogP contribution < -0.4 is 11.3 Å². The van der Waals surface area contributed by atoms with Crippen molar-refractivity contribution in [1.29, 1.82) is 0 Å². The first-order chi connectivity index (χ1) is 5.33. The van der Waals surface area contributed by atoms with Crippen molar-refractivity contribution in [3.63, 3.8) is 0 Å². The van der Waals surface area contributed by atoms with Gasteiger partial charge in [0.25, 0.3) is 5.91 Å². The second-order valence-electron chi connectivity index (χ2n) is 2.85. The molecule has 0 saturated heterocycles. The molecule has 1 fully saturated rings. The third-order valence-corrected chi connectivity index (χ3v) is 1.76. The number of nitrogens with one attached hydrogen (secondary N) is 1. The SMILES string of the molecule is NNC(=O)COCCC1CC1. The van der Waals surface area contributed by atoms with Gasteiger partial charge in [0.1, 0.15) is 6.61 Å². The van der Waals surface area contributed by atoms with Gasteiger partial charge in [-0.1, -0.05) is 12.8 Å². The smallest absolute Gasteiger partial charge is 0.259 e. The van der Waals surface area contributed by atoms with E-state index >= 15 is 0 Å². The molecular formula is C7H14N2O2. The summed E-state index contributed by atoms with van der Waals surface area (Å²) in [6.07, 6.45) is 3.73. The van der Waals surface area contributed by atoms with Crippen molar-refractivity contribution in [2.24, 2.45) is 11.8 Å². The number of carbonyl (C=O) groups excluding carboxylic acids is 1. The number of hydrogen-bond acceptors (Lipinski definition) is 3. The monoisotopic (exact) mass is 158 g/mol. The maximum absolute atomic E-state index is 10.5. The molecular weight excluding hydrogens is 144 g/mol. The van der Waals surface area contributed by atoms with Crippen LogP contribution in [0.25, 0.3) is 0 Å². The Hall–Kier alpha value is -0.610. The van der Waals surface area contributed by atoms with E-state index in [0.29, 0.717) is 6.61 Å². The van der Waals surface area contributed by atoms with E-state index in [1.165, 1.54) is 12.8 Å². The van der Waals surface area contributed by atoms with Gasteiger partial charge in [0.2, 0.25) is 0 Å². The molecule has 1 amide bonds. The van der Waals surface area contributed by atoms with Gasteiger partial charge in [0.15, 0.2) is 0 Å². The molecule has 0 aliphatic heterocycles. The Morgan fingerprint density at radius 1 is 1.64 bits per heavy atom. The van der Waals surface area contributed by atoms with Crippen LogP contribution in [0.5, 0.6) is 0 Å². The quantitative estimate of drug-likeness (QED) is 0.252. The molecule has 0 atom stereocenters. The molecule has 0 bridgehead atoms. The van der Waals surface area contributed by atoms with Crippen LogP contribution in [0.15, 0.2) is 0 Å². The highest BCUT2D eigenvalue weighted by Crippen LogP contribution is 2.31. The minimum absolute atomic E-state index is 0.0865. The lowest BCUT2D eigenvalue weighted by Gasteiger charge is -2.00. The van der Waals surface area contributed by atoms with Crippen LogP contribution in [0.4, 0.5) is 0 Å². The molecule has 0 aromatic carbocycles. The van der Waals surface area contributed by atoms with Crippen molar-refractivity contribution in [2.45, 2.75) is 19.3 Å². The van der Waals surface area contributed by atoms with E-state index in [0.717, 1.165) is 12.3 Å². The van der Waals surface area contributed by atoms with Crippen LogP contribution in [0.2, 0.25) is 0 Å². The zero-order valence-corrected chi connectivity index (χ0v) is 6.51. The summed E-state index contributed by atoms with van der Waals surface area (Å²) in [6.45, 7) is 0.765. The fraction of sp³-hybridized carbons (Fsp3) is 0.857. The molecule has 1 rings (SSSR count). The van der Waals surface area contributed by atoms with Crippen LogP contribution in [0, 0.1) is 5.92 Å². The topological polar surface area (TPSA) is 64.3 Å². The van der Waals surface area contributed by atoms with Crippen molar-refractivity contribution in [2.75, 3.05) is 13.2 Å². The summed E-state index contributed by atoms with van der Waals surface area (Å²) in [6, 6.07) is 0. The highest BCUT2D eigenvalue weighted by Gasteiger charge is 2.20. The Morgan fingerprint density at radius 3 is 2.91 bits per heavy atom. The van der Waals surface area contributed by atoms with Crippen LogP contribution in [-0.2, 0) is 9.53 Å². The summed E-state index contributed by atoms with van der Waals surface area (Å²) >= 11 is 0. The second kappa shape index (κ2) is 4.31. The molecule has 0 aromatic rings. The largest absolute Gasteiger partial charge is 0.372 e. The van der Waals surface area contributed by atoms with E-state index < -0.39 is 0 Å². The van der Waals surface area contributed by atoms with Crippen molar-refractivity contribution in [1.82, 2.24) is 5.43 Å². The molecule has 0 heterocycles. The van der Waals surface area contributed by atoms with Gasteiger partial charge in [-0.05, 0) is 12.3 Å². The van der Waals surface area contributed by atoms with E-state index in [1.807, 2.05) is 5.43 Å². The van der Waals surface area contributed by atoms with Crippen LogP contribution in [0.1, 0.15) is 19.3 Å². The fourth-order valence-electron chi connectivity index (χ4n) is 0.863. The van der Waals surface area contributed by atoms with Gasteiger partial charge in [-0.15, -0.1) is 0 Å². The number of amides is 1. The Balaban J connectivity index is 1.82. The number of hydrogen-bond donors (Lipinski definition) is 2. The minimum Gasteiger partial charge on any atom is -0.372 e. The average molecular weight is 158 g/mol. The minimum atomic E-state index is -0.263. The summed E-state index contributed by atoms with van der Waals surface area (Å²) in [5.41, 5.74) is 2.00. The first-order valence-electron chi connectivity index (χ1n) is 3.90. The predicted molar refractivity (Wildman–Crippen MR) is 40.5 cm³/mol. The van der Waals surface area contributed by atoms with E-state index in [1.54, 1.807) is 0 Å². The standard InChI is InChI=1S/C7H14N2O2/c8-9-7(10)5-11-4-3-6-1-2-6/h6H,1-5,8H2,(H,9,10). The average Bonchev–Trinajstić information content (AvgIpc) is 2.81. The molecule has 1 aliphatic carbocycles. The summed E-state index contributed by atoms with van der Waals surface area (Å²) in [7, 11) is 0. The van der Waals surface area contributed by atoms with Crippen molar-refractivity contribution < 1.29 is 9.53 Å². The first-order valence-corrected chi connectivity index (χ1v) is 3.90. The van der Waals surface area contributed by atoms with Gasteiger partial charge in [0, 0.05) is 6.61 Å². The first kappa shape index (κ1) is 8.49. The normalized spacial score (nSPS) is 16.5. The lowest BCUT2D eigenvalue weighted by Crippen LogP contribution is -2.33. The molecule has 0 spiro atoms. The fourth-order valence-corrected chi connectivity index (χ4v) is 0.863. The molecule has 0 aromatic heterocycles. The third kappa shape index (κ3) is 3.95. The Morgan fingerprint density at radius 2 is 2.36 bits per heavy atom. The van der Waals surface area contributed by atoms with E-state index in [4.69, 9.17) is 10.6 Å². The van der Waals surface area contributed by atoms with Gasteiger partial charge >= 0.3 is 0 Å². The highest BCUT2D eigenvalue weighted by atomic mass is 16.5. The van der Waals surface area contributed by atoms with E-state index in [-0.39, 0.29) is 12.5 Å².